The second-order valence-electron chi connectivity index (χ2n) is 4.77. The van der Waals surface area contributed by atoms with Crippen molar-refractivity contribution in [1.29, 1.82) is 0 Å². The van der Waals surface area contributed by atoms with Crippen molar-refractivity contribution in [3.8, 4) is 22.8 Å². The molecule has 3 heterocycles. The van der Waals surface area contributed by atoms with E-state index in [-0.39, 0.29) is 17.4 Å². The minimum Gasteiger partial charge on any atom is -0.477 e. The van der Waals surface area contributed by atoms with Crippen molar-refractivity contribution >= 4 is 33.2 Å². The molecule has 3 N–H and O–H groups in total. The maximum atomic E-state index is 11.1. The molecule has 0 spiro atoms. The smallest absolute Gasteiger partial charge is 0.348 e. The first-order valence-corrected chi connectivity index (χ1v) is 7.27. The van der Waals surface area contributed by atoms with Gasteiger partial charge in [-0.1, -0.05) is 0 Å². The molecule has 0 bridgehead atoms. The first-order valence-electron chi connectivity index (χ1n) is 6.46. The van der Waals surface area contributed by atoms with Gasteiger partial charge in [-0.3, -0.25) is 0 Å². The molecule has 0 radical (unpaired) electrons. The number of ether oxygens (including phenoxy) is 2. The number of pyridine rings is 1. The highest BCUT2D eigenvalue weighted by Gasteiger charge is 2.18. The average molecular weight is 314 g/mol. The highest BCUT2D eigenvalue weighted by Crippen LogP contribution is 2.37. The summed E-state index contributed by atoms with van der Waals surface area (Å²) in [5.41, 5.74) is 7.71. The average Bonchev–Trinajstić information content (AvgIpc) is 3.10. The molecule has 1 aliphatic rings. The lowest BCUT2D eigenvalue weighted by Gasteiger charge is -2.03. The second kappa shape index (κ2) is 4.60. The van der Waals surface area contributed by atoms with E-state index in [4.69, 9.17) is 20.3 Å². The third-order valence-corrected chi connectivity index (χ3v) is 4.56. The van der Waals surface area contributed by atoms with Gasteiger partial charge in [-0.05, 0) is 30.3 Å². The Balaban J connectivity index is 1.84. The van der Waals surface area contributed by atoms with E-state index in [1.54, 1.807) is 6.07 Å². The summed E-state index contributed by atoms with van der Waals surface area (Å²) in [6.45, 7) is 0.217. The van der Waals surface area contributed by atoms with Gasteiger partial charge in [0.25, 0.3) is 0 Å². The topological polar surface area (TPSA) is 94.7 Å². The number of anilines is 1. The normalized spacial score (nSPS) is 12.7. The molecule has 110 valence electrons. The number of thiophene rings is 1. The second-order valence-corrected chi connectivity index (χ2v) is 5.77. The molecule has 0 unspecified atom stereocenters. The Morgan fingerprint density at radius 2 is 2.05 bits per heavy atom. The van der Waals surface area contributed by atoms with Gasteiger partial charge in [-0.15, -0.1) is 11.3 Å². The number of nitrogens with two attached hydrogens (primary N) is 1. The summed E-state index contributed by atoms with van der Waals surface area (Å²) in [5, 5.41) is 9.79. The SMILES string of the molecule is Nc1c(C(=O)O)sc2nc(-c3ccc4c(c3)OCO4)ccc12. The summed E-state index contributed by atoms with van der Waals surface area (Å²) in [7, 11) is 0. The van der Waals surface area contributed by atoms with Crippen LogP contribution < -0.4 is 15.2 Å². The van der Waals surface area contributed by atoms with Crippen LogP contribution in [0.3, 0.4) is 0 Å². The predicted octanol–water partition coefficient (Wildman–Crippen LogP) is 2.97. The summed E-state index contributed by atoms with van der Waals surface area (Å²) in [5.74, 6) is 0.347. The lowest BCUT2D eigenvalue weighted by Crippen LogP contribution is -1.96. The van der Waals surface area contributed by atoms with Crippen molar-refractivity contribution in [2.45, 2.75) is 0 Å². The molecule has 0 saturated carbocycles. The monoisotopic (exact) mass is 314 g/mol. The molecule has 6 nitrogen and oxygen atoms in total. The first kappa shape index (κ1) is 12.9. The summed E-state index contributed by atoms with van der Waals surface area (Å²) in [6, 6.07) is 9.17. The van der Waals surface area contributed by atoms with Crippen molar-refractivity contribution in [2.75, 3.05) is 12.5 Å². The van der Waals surface area contributed by atoms with Crippen LogP contribution in [0.25, 0.3) is 21.5 Å². The van der Waals surface area contributed by atoms with Crippen molar-refractivity contribution in [2.24, 2.45) is 0 Å². The number of rotatable bonds is 2. The zero-order valence-corrected chi connectivity index (χ0v) is 12.0. The number of carboxylic acid groups (broad SMARTS) is 1. The molecule has 2 aromatic heterocycles. The summed E-state index contributed by atoms with van der Waals surface area (Å²) in [4.78, 5) is 16.4. The lowest BCUT2D eigenvalue weighted by molar-refractivity contribution is 0.0703. The largest absolute Gasteiger partial charge is 0.477 e. The van der Waals surface area contributed by atoms with E-state index in [2.05, 4.69) is 4.98 Å². The number of hydrogen-bond acceptors (Lipinski definition) is 6. The van der Waals surface area contributed by atoms with Crippen LogP contribution in [0.4, 0.5) is 5.69 Å². The third kappa shape index (κ3) is 1.86. The molecule has 0 amide bonds. The molecule has 0 saturated heterocycles. The number of carboxylic acids is 1. The van der Waals surface area contributed by atoms with E-state index >= 15 is 0 Å². The highest BCUT2D eigenvalue weighted by molar-refractivity contribution is 7.21. The van der Waals surface area contributed by atoms with E-state index in [1.807, 2.05) is 24.3 Å². The predicted molar refractivity (Wildman–Crippen MR) is 82.6 cm³/mol. The minimum absolute atomic E-state index is 0.116. The fraction of sp³-hybridized carbons (Fsp3) is 0.0667. The Kier molecular flexibility index (Phi) is 2.70. The quantitative estimate of drug-likeness (QED) is 0.755. The van der Waals surface area contributed by atoms with Crippen LogP contribution in [0.5, 0.6) is 11.5 Å². The summed E-state index contributed by atoms with van der Waals surface area (Å²) < 4.78 is 10.6. The number of benzene rings is 1. The third-order valence-electron chi connectivity index (χ3n) is 3.46. The molecular formula is C15H10N2O4S. The number of hydrogen-bond donors (Lipinski definition) is 2. The van der Waals surface area contributed by atoms with Gasteiger partial charge in [-0.2, -0.15) is 0 Å². The number of aromatic nitrogens is 1. The van der Waals surface area contributed by atoms with Gasteiger partial charge in [0, 0.05) is 10.9 Å². The van der Waals surface area contributed by atoms with Crippen LogP contribution in [0.15, 0.2) is 30.3 Å². The maximum Gasteiger partial charge on any atom is 0.348 e. The Morgan fingerprint density at radius 3 is 2.86 bits per heavy atom. The van der Waals surface area contributed by atoms with Crippen LogP contribution in [0.1, 0.15) is 9.67 Å². The summed E-state index contributed by atoms with van der Waals surface area (Å²) in [6.07, 6.45) is 0. The van der Waals surface area contributed by atoms with Gasteiger partial charge in [-0.25, -0.2) is 9.78 Å². The number of carbonyl (C=O) groups is 1. The Hall–Kier alpha value is -2.80. The zero-order chi connectivity index (χ0) is 15.3. The number of nitrogen functional groups attached to an aromatic ring is 1. The van der Waals surface area contributed by atoms with Crippen LogP contribution >= 0.6 is 11.3 Å². The standard InChI is InChI=1S/C15H10N2O4S/c16-12-8-2-3-9(17-14(8)22-13(12)15(18)19)7-1-4-10-11(5-7)21-6-20-10/h1-5H,6,16H2,(H,18,19). The van der Waals surface area contributed by atoms with E-state index in [1.165, 1.54) is 0 Å². The Bertz CT molecular complexity index is 919. The van der Waals surface area contributed by atoms with Crippen molar-refractivity contribution in [3.63, 3.8) is 0 Å². The molecule has 4 rings (SSSR count). The fourth-order valence-corrected chi connectivity index (χ4v) is 3.31. The molecule has 0 atom stereocenters. The maximum absolute atomic E-state index is 11.1. The highest BCUT2D eigenvalue weighted by atomic mass is 32.1. The van der Waals surface area contributed by atoms with Gasteiger partial charge in [0.15, 0.2) is 11.5 Å². The van der Waals surface area contributed by atoms with Crippen LogP contribution in [0, 0.1) is 0 Å². The number of aromatic carboxylic acids is 1. The molecule has 1 aliphatic heterocycles. The molecule has 22 heavy (non-hydrogen) atoms. The van der Waals surface area contributed by atoms with Gasteiger partial charge >= 0.3 is 5.97 Å². The Morgan fingerprint density at radius 1 is 1.23 bits per heavy atom. The van der Waals surface area contributed by atoms with Gasteiger partial charge < -0.3 is 20.3 Å². The molecule has 0 aliphatic carbocycles. The van der Waals surface area contributed by atoms with E-state index in [0.717, 1.165) is 22.6 Å². The first-order chi connectivity index (χ1) is 10.6. The van der Waals surface area contributed by atoms with Gasteiger partial charge in [0.2, 0.25) is 6.79 Å². The van der Waals surface area contributed by atoms with Crippen LogP contribution in [0.2, 0.25) is 0 Å². The molecule has 1 aromatic carbocycles. The number of nitrogens with zero attached hydrogens (tertiary/aromatic N) is 1. The van der Waals surface area contributed by atoms with E-state index in [9.17, 15) is 4.79 Å². The van der Waals surface area contributed by atoms with Gasteiger partial charge in [0.05, 0.1) is 11.4 Å². The van der Waals surface area contributed by atoms with Crippen LogP contribution in [-0.4, -0.2) is 22.9 Å². The summed E-state index contributed by atoms with van der Waals surface area (Å²) >= 11 is 1.07. The number of fused-ring (bicyclic) bond motifs is 2. The fourth-order valence-electron chi connectivity index (χ4n) is 2.37. The van der Waals surface area contributed by atoms with E-state index in [0.29, 0.717) is 21.7 Å². The lowest BCUT2D eigenvalue weighted by atomic mass is 10.1. The van der Waals surface area contributed by atoms with E-state index < -0.39 is 5.97 Å². The van der Waals surface area contributed by atoms with Crippen molar-refractivity contribution in [3.05, 3.63) is 35.2 Å². The zero-order valence-electron chi connectivity index (χ0n) is 11.2. The van der Waals surface area contributed by atoms with Gasteiger partial charge in [0.1, 0.15) is 9.71 Å². The minimum atomic E-state index is -1.04. The molecule has 0 fully saturated rings. The molecule has 7 heteroatoms. The van der Waals surface area contributed by atoms with Crippen molar-refractivity contribution < 1.29 is 19.4 Å². The van der Waals surface area contributed by atoms with Crippen LogP contribution in [-0.2, 0) is 0 Å². The molecular weight excluding hydrogens is 304 g/mol. The molecule has 3 aromatic rings. The van der Waals surface area contributed by atoms with Crippen molar-refractivity contribution in [1.82, 2.24) is 4.98 Å². The Labute approximate surface area is 128 Å².